The summed E-state index contributed by atoms with van der Waals surface area (Å²) in [7, 11) is 0. The van der Waals surface area contributed by atoms with Crippen LogP contribution in [-0.2, 0) is 24.3 Å². The van der Waals surface area contributed by atoms with Crippen LogP contribution in [0, 0.1) is 11.6 Å². The van der Waals surface area contributed by atoms with Gasteiger partial charge in [0.25, 0.3) is 5.91 Å². The Morgan fingerprint density at radius 2 is 1.88 bits per heavy atom. The number of aliphatic hydroxyl groups excluding tert-OH is 1. The molecule has 3 aromatic heterocycles. The molecule has 4 heterocycles. The van der Waals surface area contributed by atoms with Crippen molar-refractivity contribution < 1.29 is 46.4 Å². The summed E-state index contributed by atoms with van der Waals surface area (Å²) in [6.45, 7) is -0.708. The molecule has 1 amide bonds. The highest BCUT2D eigenvalue weighted by atomic mass is 35.5. The van der Waals surface area contributed by atoms with Gasteiger partial charge in [0.15, 0.2) is 6.29 Å². The monoisotopic (exact) mass is 703 g/mol. The molecule has 2 aromatic carbocycles. The van der Waals surface area contributed by atoms with Crippen molar-refractivity contribution in [2.45, 2.75) is 44.6 Å². The zero-order chi connectivity index (χ0) is 34.9. The Kier molecular flexibility index (Phi) is 9.79. The van der Waals surface area contributed by atoms with Crippen LogP contribution in [0.15, 0.2) is 60.8 Å². The first-order valence-corrected chi connectivity index (χ1v) is 15.3. The normalized spacial score (nSPS) is 14.7. The number of rotatable bonds is 11. The molecule has 0 saturated carbocycles. The lowest BCUT2D eigenvalue weighted by molar-refractivity contribution is -0.123. The van der Waals surface area contributed by atoms with Crippen molar-refractivity contribution in [2.75, 3.05) is 13.2 Å². The molecule has 0 radical (unpaired) electrons. The highest BCUT2D eigenvalue weighted by molar-refractivity contribution is 6.31. The Morgan fingerprint density at radius 3 is 2.57 bits per heavy atom. The van der Waals surface area contributed by atoms with E-state index in [0.29, 0.717) is 35.6 Å². The molecule has 1 atom stereocenters. The number of carbonyl (C=O) groups excluding carboxylic acids is 1. The minimum atomic E-state index is -4.59. The van der Waals surface area contributed by atoms with E-state index in [2.05, 4.69) is 15.0 Å². The molecular formula is C33H27ClF5N5O5. The van der Waals surface area contributed by atoms with E-state index in [9.17, 15) is 28.2 Å². The second kappa shape index (κ2) is 14.0. The van der Waals surface area contributed by atoms with Crippen LogP contribution in [0.4, 0.5) is 22.0 Å². The lowest BCUT2D eigenvalue weighted by Crippen LogP contribution is -2.34. The van der Waals surface area contributed by atoms with Crippen LogP contribution < -0.4 is 10.1 Å². The van der Waals surface area contributed by atoms with Gasteiger partial charge in [0.1, 0.15) is 36.3 Å². The third kappa shape index (κ3) is 7.96. The number of hydrogen-bond acceptors (Lipinski definition) is 8. The van der Waals surface area contributed by atoms with Crippen molar-refractivity contribution in [3.63, 3.8) is 0 Å². The minimum Gasteiger partial charge on any atom is -0.473 e. The molecule has 6 rings (SSSR count). The molecule has 1 saturated heterocycles. The van der Waals surface area contributed by atoms with E-state index in [0.717, 1.165) is 24.6 Å². The quantitative estimate of drug-likeness (QED) is 0.119. The number of aromatic nitrogens is 4. The average molecular weight is 704 g/mol. The first kappa shape index (κ1) is 34.2. The van der Waals surface area contributed by atoms with Crippen molar-refractivity contribution >= 4 is 28.5 Å². The summed E-state index contributed by atoms with van der Waals surface area (Å²) in [6, 6.07) is 12.4. The number of carbonyl (C=O) groups is 1. The summed E-state index contributed by atoms with van der Waals surface area (Å²) in [5, 5.41) is 21.0. The molecule has 1 aliphatic heterocycles. The van der Waals surface area contributed by atoms with E-state index >= 15 is 8.78 Å². The predicted octanol–water partition coefficient (Wildman–Crippen LogP) is 5.66. The van der Waals surface area contributed by atoms with Gasteiger partial charge in [-0.1, -0.05) is 23.7 Å². The molecular weight excluding hydrogens is 677 g/mol. The molecule has 256 valence electrons. The molecule has 0 spiro atoms. The number of halogens is 6. The summed E-state index contributed by atoms with van der Waals surface area (Å²) in [6.07, 6.45) is -4.44. The van der Waals surface area contributed by atoms with Gasteiger partial charge in [0.05, 0.1) is 34.4 Å². The summed E-state index contributed by atoms with van der Waals surface area (Å²) in [5.41, 5.74) is 1.39. The van der Waals surface area contributed by atoms with Gasteiger partial charge in [0.2, 0.25) is 5.88 Å². The Hall–Kier alpha value is -4.70. The Balaban J connectivity index is 1.18. The smallest absolute Gasteiger partial charge is 0.405 e. The first-order chi connectivity index (χ1) is 23.3. The summed E-state index contributed by atoms with van der Waals surface area (Å²) >= 11 is 6.19. The second-order valence-corrected chi connectivity index (χ2v) is 11.7. The van der Waals surface area contributed by atoms with Gasteiger partial charge in [-0.05, 0) is 48.4 Å². The van der Waals surface area contributed by atoms with Gasteiger partial charge < -0.3 is 29.6 Å². The molecule has 1 aliphatic rings. The number of nitrogens with one attached hydrogen (secondary N) is 1. The Labute approximate surface area is 280 Å². The molecule has 16 heteroatoms. The number of aliphatic hydroxyl groups is 2. The van der Waals surface area contributed by atoms with E-state index in [-0.39, 0.29) is 58.1 Å². The van der Waals surface area contributed by atoms with Crippen molar-refractivity contribution in [2.24, 2.45) is 0 Å². The zero-order valence-electron chi connectivity index (χ0n) is 25.3. The number of amides is 1. The molecule has 5 aromatic rings. The number of benzene rings is 2. The largest absolute Gasteiger partial charge is 0.473 e. The number of alkyl halides is 3. The fourth-order valence-electron chi connectivity index (χ4n) is 5.17. The van der Waals surface area contributed by atoms with Crippen LogP contribution in [0.2, 0.25) is 5.02 Å². The lowest BCUT2D eigenvalue weighted by Gasteiger charge is -2.27. The topological polar surface area (TPSA) is 132 Å². The van der Waals surface area contributed by atoms with Gasteiger partial charge >= 0.3 is 6.18 Å². The van der Waals surface area contributed by atoms with E-state index < -0.39 is 36.6 Å². The van der Waals surface area contributed by atoms with Crippen LogP contribution in [-0.4, -0.2) is 61.1 Å². The molecule has 3 N–H and O–H groups in total. The number of nitrogens with zero attached hydrogens (tertiary/aromatic N) is 4. The number of hydrogen-bond donors (Lipinski definition) is 3. The van der Waals surface area contributed by atoms with E-state index in [4.69, 9.17) is 21.1 Å². The third-order valence-corrected chi connectivity index (χ3v) is 8.15. The maximum absolute atomic E-state index is 15.5. The first-order valence-electron chi connectivity index (χ1n) is 14.9. The number of ether oxygens (including phenoxy) is 2. The van der Waals surface area contributed by atoms with E-state index in [1.54, 1.807) is 17.4 Å². The van der Waals surface area contributed by atoms with Crippen molar-refractivity contribution in [3.8, 4) is 17.1 Å². The van der Waals surface area contributed by atoms with Crippen LogP contribution in [0.25, 0.3) is 22.3 Å². The van der Waals surface area contributed by atoms with Gasteiger partial charge in [-0.3, -0.25) is 9.78 Å². The third-order valence-electron chi connectivity index (χ3n) is 7.80. The summed E-state index contributed by atoms with van der Waals surface area (Å²) in [5.74, 6) is -2.03. The van der Waals surface area contributed by atoms with Gasteiger partial charge in [-0.15, -0.1) is 0 Å². The summed E-state index contributed by atoms with van der Waals surface area (Å²) < 4.78 is 81.3. The number of imidazole rings is 1. The standard InChI is InChI=1S/C33H27ClF5N5O5/c34-22-12-27(31(45)41-16-33(37,38)39)40-13-19(22)15-49-30-3-1-2-25(43-30)21-11-23(35)18(8-24(21)36)10-29-42-26-5-4-17(32(46)47)9-28(26)44(29)14-20-6-7-48-20/h1-5,8-9,11-13,20,32,46-47H,6-7,10,14-16H2,(H,41,45)/t20-/m0/s1. The summed E-state index contributed by atoms with van der Waals surface area (Å²) in [4.78, 5) is 24.7. The van der Waals surface area contributed by atoms with E-state index in [1.807, 2.05) is 4.57 Å². The number of fused-ring (bicyclic) bond motifs is 1. The van der Waals surface area contributed by atoms with Gasteiger partial charge in [-0.2, -0.15) is 13.2 Å². The maximum atomic E-state index is 15.5. The predicted molar refractivity (Wildman–Crippen MR) is 166 cm³/mol. The van der Waals surface area contributed by atoms with Crippen molar-refractivity contribution in [1.82, 2.24) is 24.8 Å². The van der Waals surface area contributed by atoms with Crippen LogP contribution in [0.5, 0.6) is 5.88 Å². The van der Waals surface area contributed by atoms with Crippen LogP contribution in [0.3, 0.4) is 0 Å². The average Bonchev–Trinajstić information content (AvgIpc) is 3.38. The molecule has 1 fully saturated rings. The lowest BCUT2D eigenvalue weighted by atomic mass is 10.0. The van der Waals surface area contributed by atoms with Crippen molar-refractivity contribution in [1.29, 1.82) is 0 Å². The highest BCUT2D eigenvalue weighted by Gasteiger charge is 2.28. The van der Waals surface area contributed by atoms with E-state index in [1.165, 1.54) is 30.5 Å². The molecule has 0 unspecified atom stereocenters. The molecule has 10 nitrogen and oxygen atoms in total. The Bertz CT molecular complexity index is 2020. The zero-order valence-corrected chi connectivity index (χ0v) is 26.1. The van der Waals surface area contributed by atoms with Gasteiger partial charge in [-0.25, -0.2) is 18.7 Å². The highest BCUT2D eigenvalue weighted by Crippen LogP contribution is 2.30. The van der Waals surface area contributed by atoms with Crippen molar-refractivity contribution in [3.05, 3.63) is 106 Å². The van der Waals surface area contributed by atoms with Crippen LogP contribution in [0.1, 0.15) is 45.7 Å². The molecule has 0 aliphatic carbocycles. The van der Waals surface area contributed by atoms with Gasteiger partial charge in [0, 0.05) is 42.0 Å². The minimum absolute atomic E-state index is 0.00666. The number of pyridine rings is 2. The molecule has 49 heavy (non-hydrogen) atoms. The fourth-order valence-corrected chi connectivity index (χ4v) is 5.38. The fraction of sp³-hybridized carbons (Fsp3) is 0.273. The Morgan fingerprint density at radius 1 is 1.08 bits per heavy atom. The SMILES string of the molecule is O=C(NCC(F)(F)F)c1cc(Cl)c(COc2cccc(-c3cc(F)c(Cc4nc5ccc(C(O)O)cc5n4C[C@@H]4CCO4)cc3F)n2)cn1. The second-order valence-electron chi connectivity index (χ2n) is 11.3. The molecule has 0 bridgehead atoms. The maximum Gasteiger partial charge on any atom is 0.405 e. The van der Waals surface area contributed by atoms with Crippen LogP contribution >= 0.6 is 11.6 Å².